The molecule has 0 amide bonds. The maximum absolute atomic E-state index is 13.3. The zero-order valence-electron chi connectivity index (χ0n) is 16.2. The van der Waals surface area contributed by atoms with Crippen LogP contribution in [0.2, 0.25) is 5.02 Å². The van der Waals surface area contributed by atoms with Crippen LogP contribution in [0.5, 0.6) is 0 Å². The summed E-state index contributed by atoms with van der Waals surface area (Å²) in [5, 5.41) is 4.70. The number of nitrogens with zero attached hydrogens (tertiary/aromatic N) is 4. The zero-order valence-corrected chi connectivity index (χ0v) is 17.0. The molecule has 0 spiro atoms. The Morgan fingerprint density at radius 3 is 2.60 bits per heavy atom. The monoisotopic (exact) mass is 422 g/mol. The van der Waals surface area contributed by atoms with Gasteiger partial charge < -0.3 is 4.52 Å². The zero-order chi connectivity index (χ0) is 20.8. The molecule has 0 bridgehead atoms. The molecule has 0 aliphatic carbocycles. The van der Waals surface area contributed by atoms with Crippen LogP contribution < -0.4 is 0 Å². The smallest absolute Gasteiger partial charge is 0.241 e. The van der Waals surface area contributed by atoms with E-state index >= 15 is 0 Å². The molecule has 7 heteroatoms. The Morgan fingerprint density at radius 1 is 0.967 bits per heavy atom. The van der Waals surface area contributed by atoms with Gasteiger partial charge in [0.05, 0.1) is 6.54 Å². The first kappa shape index (κ1) is 20.2. The maximum Gasteiger partial charge on any atom is 0.241 e. The minimum absolute atomic E-state index is 0.248. The minimum Gasteiger partial charge on any atom is -0.338 e. The Balaban J connectivity index is 1.49. The summed E-state index contributed by atoms with van der Waals surface area (Å²) in [7, 11) is 0. The first-order valence-electron chi connectivity index (χ1n) is 9.61. The third kappa shape index (κ3) is 5.49. The normalized spacial score (nSPS) is 11.2. The van der Waals surface area contributed by atoms with Crippen LogP contribution in [-0.2, 0) is 19.5 Å². The summed E-state index contributed by atoms with van der Waals surface area (Å²) in [6, 6.07) is 19.7. The molecule has 2 heterocycles. The predicted molar refractivity (Wildman–Crippen MR) is 113 cm³/mol. The molecule has 0 aliphatic rings. The van der Waals surface area contributed by atoms with Crippen molar-refractivity contribution in [2.24, 2.45) is 0 Å². The van der Waals surface area contributed by atoms with Gasteiger partial charge in [0.25, 0.3) is 0 Å². The Labute approximate surface area is 179 Å². The molecule has 0 fully saturated rings. The van der Waals surface area contributed by atoms with Crippen LogP contribution in [0.3, 0.4) is 0 Å². The van der Waals surface area contributed by atoms with E-state index < -0.39 is 0 Å². The first-order chi connectivity index (χ1) is 14.7. The van der Waals surface area contributed by atoms with Gasteiger partial charge in [0, 0.05) is 42.0 Å². The van der Waals surface area contributed by atoms with Crippen molar-refractivity contribution in [1.82, 2.24) is 20.0 Å². The van der Waals surface area contributed by atoms with Gasteiger partial charge in [-0.05, 0) is 42.0 Å². The average molecular weight is 423 g/mol. The summed E-state index contributed by atoms with van der Waals surface area (Å²) in [5.74, 6) is 0.758. The van der Waals surface area contributed by atoms with Crippen molar-refractivity contribution in [1.29, 1.82) is 0 Å². The summed E-state index contributed by atoms with van der Waals surface area (Å²) >= 11 is 6.06. The van der Waals surface area contributed by atoms with Crippen LogP contribution in [-0.4, -0.2) is 26.6 Å². The molecule has 0 saturated carbocycles. The van der Waals surface area contributed by atoms with E-state index in [0.29, 0.717) is 29.8 Å². The summed E-state index contributed by atoms with van der Waals surface area (Å²) in [5.41, 5.74) is 2.81. The van der Waals surface area contributed by atoms with Crippen molar-refractivity contribution in [3.8, 4) is 11.4 Å². The lowest BCUT2D eigenvalue weighted by atomic mass is 10.2. The van der Waals surface area contributed by atoms with Crippen LogP contribution in [0.1, 0.15) is 17.1 Å². The second-order valence-corrected chi connectivity index (χ2v) is 7.37. The van der Waals surface area contributed by atoms with Gasteiger partial charge in [-0.3, -0.25) is 9.88 Å². The van der Waals surface area contributed by atoms with E-state index in [2.05, 4.69) is 20.0 Å². The van der Waals surface area contributed by atoms with Crippen LogP contribution in [0, 0.1) is 5.82 Å². The van der Waals surface area contributed by atoms with Gasteiger partial charge in [-0.1, -0.05) is 47.1 Å². The lowest BCUT2D eigenvalue weighted by molar-refractivity contribution is 0.220. The Hall–Kier alpha value is -3.09. The summed E-state index contributed by atoms with van der Waals surface area (Å²) in [6.07, 6.45) is 2.56. The summed E-state index contributed by atoms with van der Waals surface area (Å²) in [6.45, 7) is 1.84. The molecule has 0 unspecified atom stereocenters. The van der Waals surface area contributed by atoms with Crippen molar-refractivity contribution in [3.63, 3.8) is 0 Å². The van der Waals surface area contributed by atoms with Crippen LogP contribution in [0.4, 0.5) is 4.39 Å². The Bertz CT molecular complexity index is 1090. The van der Waals surface area contributed by atoms with Crippen LogP contribution >= 0.6 is 11.6 Å². The minimum atomic E-state index is -0.248. The molecule has 152 valence electrons. The fourth-order valence-corrected chi connectivity index (χ4v) is 3.33. The van der Waals surface area contributed by atoms with Gasteiger partial charge in [-0.2, -0.15) is 4.98 Å². The lowest BCUT2D eigenvalue weighted by Gasteiger charge is -2.20. The second kappa shape index (κ2) is 9.61. The van der Waals surface area contributed by atoms with Crippen LogP contribution in [0.15, 0.2) is 77.4 Å². The van der Waals surface area contributed by atoms with E-state index in [4.69, 9.17) is 16.1 Å². The van der Waals surface area contributed by atoms with Gasteiger partial charge >= 0.3 is 0 Å². The number of pyridine rings is 1. The highest BCUT2D eigenvalue weighted by atomic mass is 35.5. The second-order valence-electron chi connectivity index (χ2n) is 6.93. The molecular weight excluding hydrogens is 403 g/mol. The highest BCUT2D eigenvalue weighted by Crippen LogP contribution is 2.20. The predicted octanol–water partition coefficient (Wildman–Crippen LogP) is 5.17. The van der Waals surface area contributed by atoms with E-state index in [9.17, 15) is 4.39 Å². The molecule has 4 aromatic rings. The highest BCUT2D eigenvalue weighted by molar-refractivity contribution is 6.30. The van der Waals surface area contributed by atoms with Gasteiger partial charge in [-0.15, -0.1) is 0 Å². The van der Waals surface area contributed by atoms with Crippen molar-refractivity contribution in [2.45, 2.75) is 19.5 Å². The van der Waals surface area contributed by atoms with E-state index in [0.717, 1.165) is 29.8 Å². The maximum atomic E-state index is 13.3. The Kier molecular flexibility index (Phi) is 6.47. The largest absolute Gasteiger partial charge is 0.338 e. The van der Waals surface area contributed by atoms with Gasteiger partial charge in [0.2, 0.25) is 11.7 Å². The number of hydrogen-bond acceptors (Lipinski definition) is 5. The molecular formula is C23H20ClFN4O. The molecule has 0 N–H and O–H groups in total. The van der Waals surface area contributed by atoms with E-state index in [1.165, 1.54) is 12.1 Å². The summed E-state index contributed by atoms with van der Waals surface area (Å²) < 4.78 is 18.7. The Morgan fingerprint density at radius 2 is 1.83 bits per heavy atom. The first-order valence-corrected chi connectivity index (χ1v) is 9.99. The fraction of sp³-hybridized carbons (Fsp3) is 0.174. The molecule has 0 atom stereocenters. The number of rotatable bonds is 8. The molecule has 2 aromatic heterocycles. The average Bonchev–Trinajstić information content (AvgIpc) is 3.23. The molecule has 0 aliphatic heterocycles. The van der Waals surface area contributed by atoms with Gasteiger partial charge in [0.15, 0.2) is 0 Å². The molecule has 0 saturated heterocycles. The number of hydrogen-bond donors (Lipinski definition) is 0. The quantitative estimate of drug-likeness (QED) is 0.392. The standard InChI is InChI=1S/C23H20ClFN4O/c24-19-5-3-4-18(14-19)23-27-22(30-28-23)16-29(13-11-21-6-1-2-12-26-21)15-17-7-9-20(25)10-8-17/h1-10,12,14H,11,13,15-16H2. The SMILES string of the molecule is Fc1ccc(CN(CCc2ccccn2)Cc2nc(-c3cccc(Cl)c3)no2)cc1. The van der Waals surface area contributed by atoms with Crippen molar-refractivity contribution in [2.75, 3.05) is 6.54 Å². The van der Waals surface area contributed by atoms with Crippen molar-refractivity contribution in [3.05, 3.63) is 101 Å². The molecule has 30 heavy (non-hydrogen) atoms. The van der Waals surface area contributed by atoms with E-state index in [1.54, 1.807) is 30.5 Å². The van der Waals surface area contributed by atoms with Crippen LogP contribution in [0.25, 0.3) is 11.4 Å². The fourth-order valence-electron chi connectivity index (χ4n) is 3.14. The number of halogens is 2. The molecule has 4 rings (SSSR count). The molecule has 0 radical (unpaired) electrons. The topological polar surface area (TPSA) is 55.1 Å². The summed E-state index contributed by atoms with van der Waals surface area (Å²) in [4.78, 5) is 11.1. The number of aromatic nitrogens is 3. The third-order valence-corrected chi connectivity index (χ3v) is 4.87. The van der Waals surface area contributed by atoms with Gasteiger partial charge in [0.1, 0.15) is 5.82 Å². The molecule has 5 nitrogen and oxygen atoms in total. The molecule has 2 aromatic carbocycles. The third-order valence-electron chi connectivity index (χ3n) is 4.64. The number of benzene rings is 2. The van der Waals surface area contributed by atoms with Crippen molar-refractivity contribution < 1.29 is 8.91 Å². The van der Waals surface area contributed by atoms with Gasteiger partial charge in [-0.25, -0.2) is 4.39 Å². The van der Waals surface area contributed by atoms with Crippen molar-refractivity contribution >= 4 is 11.6 Å². The lowest BCUT2D eigenvalue weighted by Crippen LogP contribution is -2.25. The van der Waals surface area contributed by atoms with E-state index in [-0.39, 0.29) is 5.82 Å². The van der Waals surface area contributed by atoms with E-state index in [1.807, 2.05) is 30.3 Å². The highest BCUT2D eigenvalue weighted by Gasteiger charge is 2.14.